The number of nitrogens with one attached hydrogen (secondary N) is 1. The van der Waals surface area contributed by atoms with Crippen molar-refractivity contribution in [1.82, 2.24) is 0 Å². The summed E-state index contributed by atoms with van der Waals surface area (Å²) in [5.74, 6) is -0.360. The van der Waals surface area contributed by atoms with Gasteiger partial charge >= 0.3 is 5.97 Å². The summed E-state index contributed by atoms with van der Waals surface area (Å²) in [5, 5.41) is 7.70. The molecule has 1 aromatic rings. The average molecular weight is 235 g/mol. The van der Waals surface area contributed by atoms with Crippen LogP contribution in [0.5, 0.6) is 0 Å². The van der Waals surface area contributed by atoms with E-state index in [0.717, 1.165) is 6.42 Å². The monoisotopic (exact) mass is 235 g/mol. The second kappa shape index (κ2) is 7.38. The van der Waals surface area contributed by atoms with Crippen molar-refractivity contribution in [2.75, 3.05) is 18.6 Å². The summed E-state index contributed by atoms with van der Waals surface area (Å²) in [4.78, 5) is 11.6. The molecule has 5 nitrogen and oxygen atoms in total. The van der Waals surface area contributed by atoms with Gasteiger partial charge in [0.25, 0.3) is 0 Å². The van der Waals surface area contributed by atoms with E-state index in [1.165, 1.54) is 0 Å². The molecule has 0 saturated carbocycles. The van der Waals surface area contributed by atoms with Gasteiger partial charge in [-0.05, 0) is 25.5 Å². The molecule has 1 aromatic carbocycles. The Morgan fingerprint density at radius 1 is 1.35 bits per heavy atom. The molecule has 0 unspecified atom stereocenters. The number of rotatable bonds is 6. The Hall–Kier alpha value is -1.91. The first-order valence-corrected chi connectivity index (χ1v) is 5.68. The summed E-state index contributed by atoms with van der Waals surface area (Å²) in [6.07, 6.45) is 0.935. The molecule has 0 saturated heterocycles. The first-order valence-electron chi connectivity index (χ1n) is 5.68. The van der Waals surface area contributed by atoms with Gasteiger partial charge in [0.1, 0.15) is 0 Å². The lowest BCUT2D eigenvalue weighted by atomic mass is 10.2. The Labute approximate surface area is 101 Å². The van der Waals surface area contributed by atoms with Gasteiger partial charge in [-0.25, -0.2) is 4.79 Å². The van der Waals surface area contributed by atoms with Crippen molar-refractivity contribution in [3.63, 3.8) is 0 Å². The summed E-state index contributed by atoms with van der Waals surface area (Å²) in [5.41, 5.74) is 3.81. The Morgan fingerprint density at radius 2 is 2.12 bits per heavy atom. The number of hydrogen-bond donors (Lipinski definition) is 1. The standard InChI is InChI=1S/C12H17N3O2/c1-3-9-13-15-14-11-8-6-5-7-10(11)12(16)17-4-2/h5-8H,3-4,9H2,1-2H3,(H,13,14). The van der Waals surface area contributed by atoms with Crippen LogP contribution in [-0.4, -0.2) is 19.1 Å². The molecule has 0 atom stereocenters. The predicted octanol–water partition coefficient (Wildman–Crippen LogP) is 3.05. The molecule has 0 amide bonds. The molecule has 0 radical (unpaired) electrons. The van der Waals surface area contributed by atoms with E-state index in [1.54, 1.807) is 25.1 Å². The summed E-state index contributed by atoms with van der Waals surface area (Å²) in [6.45, 7) is 4.81. The minimum absolute atomic E-state index is 0.352. The van der Waals surface area contributed by atoms with Crippen LogP contribution >= 0.6 is 0 Å². The Balaban J connectivity index is 2.74. The SMILES string of the molecule is CCCN=NNc1ccccc1C(=O)OCC. The fraction of sp³-hybridized carbons (Fsp3) is 0.417. The molecule has 5 heteroatoms. The maximum absolute atomic E-state index is 11.6. The maximum atomic E-state index is 11.6. The predicted molar refractivity (Wildman–Crippen MR) is 66.0 cm³/mol. The van der Waals surface area contributed by atoms with Gasteiger partial charge in [0.2, 0.25) is 0 Å². The largest absolute Gasteiger partial charge is 0.462 e. The van der Waals surface area contributed by atoms with Crippen LogP contribution in [0.15, 0.2) is 34.6 Å². The number of carbonyl (C=O) groups is 1. The van der Waals surface area contributed by atoms with E-state index in [2.05, 4.69) is 15.8 Å². The molecule has 0 spiro atoms. The van der Waals surface area contributed by atoms with E-state index in [9.17, 15) is 4.79 Å². The van der Waals surface area contributed by atoms with Crippen LogP contribution in [0, 0.1) is 0 Å². The molecule has 0 fully saturated rings. The quantitative estimate of drug-likeness (QED) is 0.468. The van der Waals surface area contributed by atoms with Crippen LogP contribution in [0.1, 0.15) is 30.6 Å². The van der Waals surface area contributed by atoms with Crippen LogP contribution in [0.3, 0.4) is 0 Å². The highest BCUT2D eigenvalue weighted by atomic mass is 16.5. The van der Waals surface area contributed by atoms with Crippen molar-refractivity contribution in [2.24, 2.45) is 10.3 Å². The van der Waals surface area contributed by atoms with Crippen LogP contribution < -0.4 is 5.43 Å². The van der Waals surface area contributed by atoms with Crippen molar-refractivity contribution in [1.29, 1.82) is 0 Å². The third kappa shape index (κ3) is 4.22. The van der Waals surface area contributed by atoms with Crippen molar-refractivity contribution in [2.45, 2.75) is 20.3 Å². The smallest absolute Gasteiger partial charge is 0.340 e. The molecule has 1 N–H and O–H groups in total. The highest BCUT2D eigenvalue weighted by Crippen LogP contribution is 2.16. The summed E-state index contributed by atoms with van der Waals surface area (Å²) >= 11 is 0. The number of hydrogen-bond acceptors (Lipinski definition) is 4. The molecular formula is C12H17N3O2. The lowest BCUT2D eigenvalue weighted by Gasteiger charge is -2.06. The van der Waals surface area contributed by atoms with Gasteiger partial charge in [-0.3, -0.25) is 5.43 Å². The molecule has 0 aliphatic heterocycles. The molecule has 92 valence electrons. The molecule has 1 rings (SSSR count). The highest BCUT2D eigenvalue weighted by molar-refractivity contribution is 5.95. The molecule has 0 aliphatic carbocycles. The van der Waals surface area contributed by atoms with Crippen molar-refractivity contribution >= 4 is 11.7 Å². The topological polar surface area (TPSA) is 63.0 Å². The normalized spacial score (nSPS) is 10.5. The lowest BCUT2D eigenvalue weighted by molar-refractivity contribution is 0.0527. The molecule has 0 aliphatic rings. The Morgan fingerprint density at radius 3 is 2.82 bits per heavy atom. The van der Waals surface area contributed by atoms with E-state index in [4.69, 9.17) is 4.74 Å². The molecule has 0 aromatic heterocycles. The van der Waals surface area contributed by atoms with E-state index < -0.39 is 0 Å². The van der Waals surface area contributed by atoms with Gasteiger partial charge in [0, 0.05) is 0 Å². The molecule has 0 heterocycles. The van der Waals surface area contributed by atoms with Gasteiger partial charge < -0.3 is 4.74 Å². The number of benzene rings is 1. The van der Waals surface area contributed by atoms with Gasteiger partial charge in [0.05, 0.1) is 24.4 Å². The van der Waals surface area contributed by atoms with E-state index in [0.29, 0.717) is 24.4 Å². The number of ether oxygens (including phenoxy) is 1. The van der Waals surface area contributed by atoms with E-state index in [1.807, 2.05) is 13.0 Å². The van der Waals surface area contributed by atoms with Crippen LogP contribution in [0.2, 0.25) is 0 Å². The van der Waals surface area contributed by atoms with Gasteiger partial charge in [0.15, 0.2) is 0 Å². The van der Waals surface area contributed by atoms with Crippen molar-refractivity contribution in [3.8, 4) is 0 Å². The van der Waals surface area contributed by atoms with E-state index >= 15 is 0 Å². The Bertz CT molecular complexity index is 391. The minimum Gasteiger partial charge on any atom is -0.462 e. The number of anilines is 1. The number of para-hydroxylation sites is 1. The average Bonchev–Trinajstić information content (AvgIpc) is 2.35. The summed E-state index contributed by atoms with van der Waals surface area (Å²) in [7, 11) is 0. The lowest BCUT2D eigenvalue weighted by Crippen LogP contribution is -2.07. The maximum Gasteiger partial charge on any atom is 0.340 e. The zero-order valence-corrected chi connectivity index (χ0v) is 10.1. The third-order valence-electron chi connectivity index (χ3n) is 1.99. The second-order valence-electron chi connectivity index (χ2n) is 3.34. The van der Waals surface area contributed by atoms with Crippen molar-refractivity contribution in [3.05, 3.63) is 29.8 Å². The number of carbonyl (C=O) groups excluding carboxylic acids is 1. The fourth-order valence-electron chi connectivity index (χ4n) is 1.21. The summed E-state index contributed by atoms with van der Waals surface area (Å²) < 4.78 is 4.94. The van der Waals surface area contributed by atoms with Gasteiger partial charge in [-0.2, -0.15) is 5.11 Å². The molecular weight excluding hydrogens is 218 g/mol. The first kappa shape index (κ1) is 13.2. The van der Waals surface area contributed by atoms with Gasteiger partial charge in [-0.15, -0.1) is 0 Å². The number of nitrogens with zero attached hydrogens (tertiary/aromatic N) is 2. The van der Waals surface area contributed by atoms with Crippen LogP contribution in [0.25, 0.3) is 0 Å². The van der Waals surface area contributed by atoms with Crippen molar-refractivity contribution < 1.29 is 9.53 Å². The molecule has 17 heavy (non-hydrogen) atoms. The number of esters is 1. The van der Waals surface area contributed by atoms with Gasteiger partial charge in [-0.1, -0.05) is 24.3 Å². The zero-order chi connectivity index (χ0) is 12.5. The molecule has 0 bridgehead atoms. The highest BCUT2D eigenvalue weighted by Gasteiger charge is 2.10. The van der Waals surface area contributed by atoms with Crippen LogP contribution in [0.4, 0.5) is 5.69 Å². The Kier molecular flexibility index (Phi) is 5.71. The first-order chi connectivity index (χ1) is 8.29. The fourth-order valence-corrected chi connectivity index (χ4v) is 1.21. The van der Waals surface area contributed by atoms with Crippen LogP contribution in [-0.2, 0) is 4.74 Å². The summed E-state index contributed by atoms with van der Waals surface area (Å²) in [6, 6.07) is 7.05. The third-order valence-corrected chi connectivity index (χ3v) is 1.99. The minimum atomic E-state index is -0.360. The zero-order valence-electron chi connectivity index (χ0n) is 10.1. The van der Waals surface area contributed by atoms with E-state index in [-0.39, 0.29) is 5.97 Å². The second-order valence-corrected chi connectivity index (χ2v) is 3.34.